The third kappa shape index (κ3) is 6.57. The molecule has 1 atom stereocenters. The maximum Gasteiger partial charge on any atom is 0.242 e. The zero-order valence-electron chi connectivity index (χ0n) is 16.6. The quantitative estimate of drug-likeness (QED) is 0.655. The topological polar surface area (TPSA) is 49.4 Å². The Morgan fingerprint density at radius 2 is 1.86 bits per heavy atom. The van der Waals surface area contributed by atoms with Crippen molar-refractivity contribution in [3.63, 3.8) is 0 Å². The molecule has 2 aromatic carbocycles. The van der Waals surface area contributed by atoms with Gasteiger partial charge in [-0.05, 0) is 36.6 Å². The smallest absolute Gasteiger partial charge is 0.242 e. The molecule has 0 aliphatic carbocycles. The fourth-order valence-corrected chi connectivity index (χ4v) is 4.13. The van der Waals surface area contributed by atoms with Crippen LogP contribution >= 0.6 is 23.4 Å². The minimum absolute atomic E-state index is 0.0380. The molecular weight excluding hydrogens is 392 g/mol. The molecule has 2 aromatic rings. The number of nitrogens with one attached hydrogen (secondary N) is 1. The molecule has 0 aliphatic rings. The van der Waals surface area contributed by atoms with Gasteiger partial charge >= 0.3 is 0 Å². The summed E-state index contributed by atoms with van der Waals surface area (Å²) in [7, 11) is 1.61. The van der Waals surface area contributed by atoms with Crippen LogP contribution in [0, 0.1) is 6.92 Å². The molecule has 0 heterocycles. The van der Waals surface area contributed by atoms with Crippen LogP contribution in [0.25, 0.3) is 0 Å². The lowest BCUT2D eigenvalue weighted by atomic mass is 10.1. The lowest BCUT2D eigenvalue weighted by molar-refractivity contribution is -0.139. The molecule has 0 aliphatic heterocycles. The Morgan fingerprint density at radius 1 is 1.14 bits per heavy atom. The van der Waals surface area contributed by atoms with Crippen molar-refractivity contribution in [2.24, 2.45) is 0 Å². The number of amides is 2. The molecule has 0 saturated heterocycles. The van der Waals surface area contributed by atoms with E-state index in [1.54, 1.807) is 11.9 Å². The van der Waals surface area contributed by atoms with Gasteiger partial charge in [0.05, 0.1) is 5.75 Å². The number of aryl methyl sites for hydroxylation is 1. The highest BCUT2D eigenvalue weighted by Crippen LogP contribution is 2.19. The fraction of sp³-hybridized carbons (Fsp3) is 0.364. The predicted molar refractivity (Wildman–Crippen MR) is 117 cm³/mol. The summed E-state index contributed by atoms with van der Waals surface area (Å²) in [6.45, 7) is 4.37. The first-order chi connectivity index (χ1) is 13.4. The van der Waals surface area contributed by atoms with Gasteiger partial charge in [-0.2, -0.15) is 0 Å². The number of likely N-dealkylation sites (N-methyl/N-ethyl adjacent to an activating group) is 1. The third-order valence-electron chi connectivity index (χ3n) is 4.45. The third-order valence-corrected chi connectivity index (χ3v) is 5.67. The zero-order chi connectivity index (χ0) is 20.5. The lowest BCUT2D eigenvalue weighted by Crippen LogP contribution is -2.48. The average Bonchev–Trinajstić information content (AvgIpc) is 2.67. The predicted octanol–water partition coefficient (Wildman–Crippen LogP) is 4.44. The monoisotopic (exact) mass is 418 g/mol. The van der Waals surface area contributed by atoms with E-state index < -0.39 is 6.04 Å². The largest absolute Gasteiger partial charge is 0.357 e. The molecule has 0 radical (unpaired) electrons. The van der Waals surface area contributed by atoms with E-state index >= 15 is 0 Å². The van der Waals surface area contributed by atoms with Crippen molar-refractivity contribution >= 4 is 35.2 Å². The number of thioether (sulfide) groups is 1. The maximum absolute atomic E-state index is 13.0. The molecule has 0 fully saturated rings. The molecule has 150 valence electrons. The number of hydrogen-bond acceptors (Lipinski definition) is 3. The average molecular weight is 419 g/mol. The number of halogens is 1. The van der Waals surface area contributed by atoms with Gasteiger partial charge in [-0.15, -0.1) is 11.8 Å². The zero-order valence-corrected chi connectivity index (χ0v) is 18.1. The van der Waals surface area contributed by atoms with Gasteiger partial charge in [0.25, 0.3) is 0 Å². The molecule has 1 N–H and O–H groups in total. The van der Waals surface area contributed by atoms with Crippen LogP contribution in [0.5, 0.6) is 0 Å². The highest BCUT2D eigenvalue weighted by Gasteiger charge is 2.27. The summed E-state index contributed by atoms with van der Waals surface area (Å²) < 4.78 is 0. The Hall–Kier alpha value is -1.98. The van der Waals surface area contributed by atoms with Crippen LogP contribution < -0.4 is 5.32 Å². The van der Waals surface area contributed by atoms with Gasteiger partial charge in [0.15, 0.2) is 0 Å². The maximum atomic E-state index is 13.0. The summed E-state index contributed by atoms with van der Waals surface area (Å²) in [4.78, 5) is 27.1. The van der Waals surface area contributed by atoms with Gasteiger partial charge in [0.2, 0.25) is 11.8 Å². The highest BCUT2D eigenvalue weighted by atomic mass is 35.5. The molecule has 2 amide bonds. The summed E-state index contributed by atoms with van der Waals surface area (Å²) in [5.74, 6) is 0.833. The number of benzene rings is 2. The van der Waals surface area contributed by atoms with Gasteiger partial charge in [-0.25, -0.2) is 0 Å². The molecule has 4 nitrogen and oxygen atoms in total. The van der Waals surface area contributed by atoms with E-state index in [1.165, 1.54) is 11.8 Å². The minimum atomic E-state index is -0.482. The standard InChI is InChI=1S/C22H27ClN2O2S/c1-4-20(22(27)24-3)25(13-17-8-5-7-16(2)11-17)21(26)15-28-14-18-9-6-10-19(23)12-18/h5-12,20H,4,13-15H2,1-3H3,(H,24,27). The number of rotatable bonds is 9. The normalized spacial score (nSPS) is 11.7. The summed E-state index contributed by atoms with van der Waals surface area (Å²) in [5, 5.41) is 3.37. The number of carbonyl (C=O) groups excluding carboxylic acids is 2. The first-order valence-electron chi connectivity index (χ1n) is 9.33. The van der Waals surface area contributed by atoms with E-state index in [9.17, 15) is 9.59 Å². The number of hydrogen-bond donors (Lipinski definition) is 1. The Balaban J connectivity index is 2.10. The van der Waals surface area contributed by atoms with Crippen molar-refractivity contribution in [1.82, 2.24) is 10.2 Å². The van der Waals surface area contributed by atoms with Gasteiger partial charge < -0.3 is 10.2 Å². The SMILES string of the molecule is CCC(C(=O)NC)N(Cc1cccc(C)c1)C(=O)CSCc1cccc(Cl)c1. The molecule has 6 heteroatoms. The second-order valence-electron chi connectivity index (χ2n) is 6.67. The molecule has 28 heavy (non-hydrogen) atoms. The van der Waals surface area contributed by atoms with E-state index in [0.29, 0.717) is 29.5 Å². The second-order valence-corrected chi connectivity index (χ2v) is 8.09. The fourth-order valence-electron chi connectivity index (χ4n) is 3.06. The van der Waals surface area contributed by atoms with Crippen LogP contribution in [0.1, 0.15) is 30.0 Å². The van der Waals surface area contributed by atoms with Gasteiger partial charge in [-0.3, -0.25) is 9.59 Å². The van der Waals surface area contributed by atoms with Gasteiger partial charge in [0.1, 0.15) is 6.04 Å². The van der Waals surface area contributed by atoms with Crippen molar-refractivity contribution in [3.8, 4) is 0 Å². The summed E-state index contributed by atoms with van der Waals surface area (Å²) in [5.41, 5.74) is 3.23. The van der Waals surface area contributed by atoms with Crippen LogP contribution in [-0.4, -0.2) is 35.6 Å². The molecule has 1 unspecified atom stereocenters. The van der Waals surface area contributed by atoms with Crippen molar-refractivity contribution in [2.45, 2.75) is 38.6 Å². The molecule has 0 bridgehead atoms. The van der Waals surface area contributed by atoms with Gasteiger partial charge in [0, 0.05) is 24.4 Å². The van der Waals surface area contributed by atoms with Crippen molar-refractivity contribution < 1.29 is 9.59 Å². The Labute approximate surface area is 176 Å². The van der Waals surface area contributed by atoms with Crippen LogP contribution in [0.3, 0.4) is 0 Å². The van der Waals surface area contributed by atoms with Crippen molar-refractivity contribution in [2.75, 3.05) is 12.8 Å². The summed E-state index contributed by atoms with van der Waals surface area (Å²) in [6, 6.07) is 15.2. The van der Waals surface area contributed by atoms with E-state index in [-0.39, 0.29) is 11.8 Å². The van der Waals surface area contributed by atoms with E-state index in [4.69, 9.17) is 11.6 Å². The van der Waals surface area contributed by atoms with Crippen LogP contribution in [-0.2, 0) is 21.9 Å². The molecule has 2 rings (SSSR count). The highest BCUT2D eigenvalue weighted by molar-refractivity contribution is 7.99. The summed E-state index contributed by atoms with van der Waals surface area (Å²) >= 11 is 7.55. The van der Waals surface area contributed by atoms with Crippen LogP contribution in [0.15, 0.2) is 48.5 Å². The van der Waals surface area contributed by atoms with Crippen molar-refractivity contribution in [1.29, 1.82) is 0 Å². The minimum Gasteiger partial charge on any atom is -0.357 e. The van der Waals surface area contributed by atoms with Crippen molar-refractivity contribution in [3.05, 3.63) is 70.2 Å². The first kappa shape index (κ1) is 22.3. The van der Waals surface area contributed by atoms with E-state index in [2.05, 4.69) is 11.4 Å². The first-order valence-corrected chi connectivity index (χ1v) is 10.9. The lowest BCUT2D eigenvalue weighted by Gasteiger charge is -2.30. The van der Waals surface area contributed by atoms with Crippen LogP contribution in [0.4, 0.5) is 0 Å². The van der Waals surface area contributed by atoms with E-state index in [1.807, 2.05) is 56.3 Å². The van der Waals surface area contributed by atoms with E-state index in [0.717, 1.165) is 16.7 Å². The second kappa shape index (κ2) is 11.1. The Kier molecular flexibility index (Phi) is 8.87. The molecule has 0 saturated carbocycles. The number of nitrogens with zero attached hydrogens (tertiary/aromatic N) is 1. The molecule has 0 aromatic heterocycles. The Morgan fingerprint density at radius 3 is 2.50 bits per heavy atom. The van der Waals surface area contributed by atoms with Crippen LogP contribution in [0.2, 0.25) is 5.02 Å². The molecule has 0 spiro atoms. The Bertz CT molecular complexity index is 813. The summed E-state index contributed by atoms with van der Waals surface area (Å²) in [6.07, 6.45) is 0.566. The number of carbonyl (C=O) groups is 2. The molecular formula is C22H27ClN2O2S. The van der Waals surface area contributed by atoms with Gasteiger partial charge in [-0.1, -0.05) is 60.5 Å².